The number of nitrogens with two attached hydrogens (primary N) is 1. The van der Waals surface area contributed by atoms with Gasteiger partial charge in [-0.1, -0.05) is 6.07 Å². The second-order valence-corrected chi connectivity index (χ2v) is 5.28. The first-order chi connectivity index (χ1) is 8.77. The van der Waals surface area contributed by atoms with Gasteiger partial charge in [-0.05, 0) is 30.7 Å². The first-order valence-corrected chi connectivity index (χ1v) is 6.89. The maximum absolute atomic E-state index is 7.63. The van der Waals surface area contributed by atoms with E-state index in [9.17, 15) is 0 Å². The molecule has 0 unspecified atom stereocenters. The molecule has 0 atom stereocenters. The number of rotatable bonds is 1. The number of thiophene rings is 1. The van der Waals surface area contributed by atoms with Crippen LogP contribution in [0.2, 0.25) is 0 Å². The molecule has 3 rings (SSSR count). The summed E-state index contributed by atoms with van der Waals surface area (Å²) in [6.45, 7) is 0.913. The van der Waals surface area contributed by atoms with Crippen molar-refractivity contribution in [3.63, 3.8) is 0 Å². The molecule has 3 heterocycles. The molecule has 2 aromatic heterocycles. The van der Waals surface area contributed by atoms with Crippen molar-refractivity contribution in [1.82, 2.24) is 9.78 Å². The summed E-state index contributed by atoms with van der Waals surface area (Å²) in [5.41, 5.74) is 7.75. The van der Waals surface area contributed by atoms with Gasteiger partial charge >= 0.3 is 0 Å². The summed E-state index contributed by atoms with van der Waals surface area (Å²) in [5, 5.41) is 17.5. The largest absolute Gasteiger partial charge is 0.370 e. The van der Waals surface area contributed by atoms with Crippen LogP contribution in [-0.4, -0.2) is 22.3 Å². The van der Waals surface area contributed by atoms with E-state index in [1.165, 1.54) is 10.2 Å². The molecule has 0 amide bonds. The third kappa shape index (κ3) is 1.78. The summed E-state index contributed by atoms with van der Waals surface area (Å²) in [6.07, 6.45) is 3.27. The predicted octanol–water partition coefficient (Wildman–Crippen LogP) is 2.10. The first-order valence-electron chi connectivity index (χ1n) is 6.01. The van der Waals surface area contributed by atoms with Crippen LogP contribution in [0.4, 0.5) is 5.82 Å². The zero-order valence-electron chi connectivity index (χ0n) is 9.94. The number of hydrogen-bond acceptors (Lipinski definition) is 4. The van der Waals surface area contributed by atoms with Gasteiger partial charge in [0.25, 0.3) is 0 Å². The fraction of sp³-hybridized carbons (Fsp3) is 0.333. The van der Waals surface area contributed by atoms with E-state index in [4.69, 9.17) is 11.1 Å². The molecule has 0 aliphatic carbocycles. The van der Waals surface area contributed by atoms with Gasteiger partial charge in [0.05, 0.1) is 4.88 Å². The molecule has 0 aromatic carbocycles. The van der Waals surface area contributed by atoms with Crippen molar-refractivity contribution in [2.24, 2.45) is 5.73 Å². The second-order valence-electron chi connectivity index (χ2n) is 4.33. The van der Waals surface area contributed by atoms with Gasteiger partial charge in [-0.25, -0.2) is 0 Å². The number of aromatic nitrogens is 2. The van der Waals surface area contributed by atoms with Crippen molar-refractivity contribution < 1.29 is 0 Å². The molecule has 4 N–H and O–H groups in total. The van der Waals surface area contributed by atoms with Crippen LogP contribution >= 0.6 is 11.3 Å². The first kappa shape index (κ1) is 11.3. The SMILES string of the molecule is N=C(N)n1nc(-c2cccs2)c2c1NCCCC2. The van der Waals surface area contributed by atoms with Gasteiger partial charge < -0.3 is 11.1 Å². The number of nitrogens with zero attached hydrogens (tertiary/aromatic N) is 2. The lowest BCUT2D eigenvalue weighted by molar-refractivity contribution is 0.781. The van der Waals surface area contributed by atoms with E-state index in [2.05, 4.69) is 16.5 Å². The minimum absolute atomic E-state index is 0.0385. The third-order valence-corrected chi connectivity index (χ3v) is 3.99. The van der Waals surface area contributed by atoms with Gasteiger partial charge in [0.15, 0.2) is 0 Å². The van der Waals surface area contributed by atoms with Gasteiger partial charge in [-0.3, -0.25) is 5.41 Å². The highest BCUT2D eigenvalue weighted by atomic mass is 32.1. The monoisotopic (exact) mass is 261 g/mol. The molecule has 6 heteroatoms. The highest BCUT2D eigenvalue weighted by Gasteiger charge is 2.22. The normalized spacial score (nSPS) is 14.7. The Morgan fingerprint density at radius 2 is 2.39 bits per heavy atom. The van der Waals surface area contributed by atoms with E-state index in [0.717, 1.165) is 42.2 Å². The molecule has 18 heavy (non-hydrogen) atoms. The number of hydrogen-bond donors (Lipinski definition) is 3. The Bertz CT molecular complexity index is 570. The molecule has 0 spiro atoms. The molecule has 1 aliphatic rings. The Balaban J connectivity index is 2.17. The van der Waals surface area contributed by atoms with Crippen LogP contribution in [0, 0.1) is 5.41 Å². The van der Waals surface area contributed by atoms with Crippen LogP contribution in [-0.2, 0) is 6.42 Å². The summed E-state index contributed by atoms with van der Waals surface area (Å²) in [6, 6.07) is 4.08. The molecule has 0 fully saturated rings. The summed E-state index contributed by atoms with van der Waals surface area (Å²) >= 11 is 1.67. The molecule has 0 radical (unpaired) electrons. The molecule has 5 nitrogen and oxygen atoms in total. The third-order valence-electron chi connectivity index (χ3n) is 3.11. The average Bonchev–Trinajstić information content (AvgIpc) is 2.91. The van der Waals surface area contributed by atoms with E-state index in [-0.39, 0.29) is 5.96 Å². The molecule has 94 valence electrons. The fourth-order valence-corrected chi connectivity index (χ4v) is 3.02. The molecular formula is C12H15N5S. The number of anilines is 1. The van der Waals surface area contributed by atoms with Crippen molar-refractivity contribution in [2.45, 2.75) is 19.3 Å². The van der Waals surface area contributed by atoms with Gasteiger partial charge in [0.1, 0.15) is 11.5 Å². The lowest BCUT2D eigenvalue weighted by atomic mass is 10.1. The van der Waals surface area contributed by atoms with Crippen LogP contribution in [0.1, 0.15) is 18.4 Å². The molecule has 0 saturated carbocycles. The van der Waals surface area contributed by atoms with E-state index in [1.54, 1.807) is 11.3 Å². The van der Waals surface area contributed by atoms with Crippen molar-refractivity contribution in [1.29, 1.82) is 5.41 Å². The van der Waals surface area contributed by atoms with E-state index >= 15 is 0 Å². The quantitative estimate of drug-likeness (QED) is 0.543. The zero-order chi connectivity index (χ0) is 12.5. The molecule has 0 saturated heterocycles. The Hall–Kier alpha value is -1.82. The van der Waals surface area contributed by atoms with Crippen LogP contribution in [0.15, 0.2) is 17.5 Å². The molecule has 2 aromatic rings. The highest BCUT2D eigenvalue weighted by Crippen LogP contribution is 2.33. The molecule has 1 aliphatic heterocycles. The van der Waals surface area contributed by atoms with Crippen molar-refractivity contribution >= 4 is 23.1 Å². The smallest absolute Gasteiger partial charge is 0.215 e. The van der Waals surface area contributed by atoms with Gasteiger partial charge in [0.2, 0.25) is 5.96 Å². The Kier molecular flexibility index (Phi) is 2.79. The van der Waals surface area contributed by atoms with Crippen LogP contribution < -0.4 is 11.1 Å². The van der Waals surface area contributed by atoms with Crippen LogP contribution in [0.3, 0.4) is 0 Å². The Labute approximate surface area is 109 Å². The van der Waals surface area contributed by atoms with Gasteiger partial charge in [-0.15, -0.1) is 11.3 Å². The standard InChI is InChI=1S/C12H15N5S/c13-12(14)17-11-8(4-1-2-6-15-11)10(16-17)9-5-3-7-18-9/h3,5,7,15H,1-2,4,6H2,(H3,13,14). The highest BCUT2D eigenvalue weighted by molar-refractivity contribution is 7.13. The van der Waals surface area contributed by atoms with Gasteiger partial charge in [0, 0.05) is 12.1 Å². The van der Waals surface area contributed by atoms with Gasteiger partial charge in [-0.2, -0.15) is 9.78 Å². The second kappa shape index (κ2) is 4.45. The lowest BCUT2D eigenvalue weighted by Gasteiger charge is -2.06. The van der Waals surface area contributed by atoms with Crippen molar-refractivity contribution in [2.75, 3.05) is 11.9 Å². The summed E-state index contributed by atoms with van der Waals surface area (Å²) in [4.78, 5) is 1.13. The van der Waals surface area contributed by atoms with E-state index in [1.807, 2.05) is 11.4 Å². The van der Waals surface area contributed by atoms with E-state index in [0.29, 0.717) is 0 Å². The summed E-state index contributed by atoms with van der Waals surface area (Å²) in [5.74, 6) is 0.854. The minimum Gasteiger partial charge on any atom is -0.370 e. The number of nitrogen functional groups attached to an aromatic ring is 1. The van der Waals surface area contributed by atoms with Crippen LogP contribution in [0.25, 0.3) is 10.6 Å². The number of fused-ring (bicyclic) bond motifs is 1. The van der Waals surface area contributed by atoms with Crippen LogP contribution in [0.5, 0.6) is 0 Å². The Morgan fingerprint density at radius 1 is 1.50 bits per heavy atom. The minimum atomic E-state index is -0.0385. The summed E-state index contributed by atoms with van der Waals surface area (Å²) < 4.78 is 1.51. The maximum atomic E-state index is 7.63. The van der Waals surface area contributed by atoms with Crippen molar-refractivity contribution in [3.8, 4) is 10.6 Å². The topological polar surface area (TPSA) is 79.7 Å². The number of nitrogens with one attached hydrogen (secondary N) is 2. The average molecular weight is 261 g/mol. The predicted molar refractivity (Wildman–Crippen MR) is 74.3 cm³/mol. The summed E-state index contributed by atoms with van der Waals surface area (Å²) in [7, 11) is 0. The molecular weight excluding hydrogens is 246 g/mol. The molecule has 0 bridgehead atoms. The Morgan fingerprint density at radius 3 is 3.11 bits per heavy atom. The fourth-order valence-electron chi connectivity index (χ4n) is 2.29. The van der Waals surface area contributed by atoms with E-state index < -0.39 is 0 Å². The maximum Gasteiger partial charge on any atom is 0.215 e. The lowest BCUT2D eigenvalue weighted by Crippen LogP contribution is -2.24. The van der Waals surface area contributed by atoms with Crippen molar-refractivity contribution in [3.05, 3.63) is 23.1 Å². The zero-order valence-corrected chi connectivity index (χ0v) is 10.8.